The van der Waals surface area contributed by atoms with Crippen LogP contribution in [0.15, 0.2) is 42.5 Å². The molecule has 0 spiro atoms. The number of amides is 1. The standard InChI is InChI=1S/C19H23ClN2O4S/c1-14-11-16(20)9-10-17(14)22(27(4,24)25)13-19(23)21(2)12-15-7-5-6-8-18(15)26-3/h5-11H,12-13H2,1-4H3. The molecule has 0 aliphatic carbocycles. The zero-order valence-electron chi connectivity index (χ0n) is 15.8. The number of carbonyl (C=O) groups excluding carboxylic acids is 1. The number of hydrogen-bond donors (Lipinski definition) is 0. The van der Waals surface area contributed by atoms with E-state index in [0.717, 1.165) is 16.1 Å². The van der Waals surface area contributed by atoms with Crippen molar-refractivity contribution in [2.45, 2.75) is 13.5 Å². The third-order valence-corrected chi connectivity index (χ3v) is 5.49. The van der Waals surface area contributed by atoms with Gasteiger partial charge in [0.1, 0.15) is 12.3 Å². The molecule has 0 aliphatic heterocycles. The number of rotatable bonds is 7. The molecule has 0 saturated carbocycles. The van der Waals surface area contributed by atoms with E-state index in [1.165, 1.54) is 4.90 Å². The number of halogens is 1. The minimum Gasteiger partial charge on any atom is -0.496 e. The lowest BCUT2D eigenvalue weighted by atomic mass is 10.2. The van der Waals surface area contributed by atoms with Gasteiger partial charge in [0.25, 0.3) is 0 Å². The molecule has 6 nitrogen and oxygen atoms in total. The van der Waals surface area contributed by atoms with Crippen LogP contribution < -0.4 is 9.04 Å². The Morgan fingerprint density at radius 3 is 2.44 bits per heavy atom. The van der Waals surface area contributed by atoms with Gasteiger partial charge in [-0.25, -0.2) is 8.42 Å². The number of nitrogens with zero attached hydrogens (tertiary/aromatic N) is 2. The Morgan fingerprint density at radius 2 is 1.85 bits per heavy atom. The zero-order chi connectivity index (χ0) is 20.2. The van der Waals surface area contributed by atoms with E-state index in [1.54, 1.807) is 39.3 Å². The van der Waals surface area contributed by atoms with Gasteiger partial charge in [-0.15, -0.1) is 0 Å². The van der Waals surface area contributed by atoms with Gasteiger partial charge < -0.3 is 9.64 Å². The first-order chi connectivity index (χ1) is 12.6. The van der Waals surface area contributed by atoms with E-state index in [9.17, 15) is 13.2 Å². The van der Waals surface area contributed by atoms with Gasteiger partial charge in [-0.2, -0.15) is 0 Å². The first-order valence-corrected chi connectivity index (χ1v) is 10.5. The molecule has 8 heteroatoms. The summed E-state index contributed by atoms with van der Waals surface area (Å²) in [6.45, 7) is 1.76. The molecule has 27 heavy (non-hydrogen) atoms. The lowest BCUT2D eigenvalue weighted by molar-refractivity contribution is -0.128. The summed E-state index contributed by atoms with van der Waals surface area (Å²) in [5.41, 5.74) is 1.94. The van der Waals surface area contributed by atoms with Crippen molar-refractivity contribution >= 4 is 33.2 Å². The second-order valence-corrected chi connectivity index (χ2v) is 8.61. The van der Waals surface area contributed by atoms with E-state index >= 15 is 0 Å². The number of methoxy groups -OCH3 is 1. The van der Waals surface area contributed by atoms with Gasteiger partial charge in [0, 0.05) is 24.2 Å². The van der Waals surface area contributed by atoms with E-state index in [-0.39, 0.29) is 12.5 Å². The van der Waals surface area contributed by atoms with Crippen molar-refractivity contribution in [3.8, 4) is 5.75 Å². The lowest BCUT2D eigenvalue weighted by Gasteiger charge is -2.26. The van der Waals surface area contributed by atoms with Crippen LogP contribution in [0, 0.1) is 6.92 Å². The average Bonchev–Trinajstić information content (AvgIpc) is 2.59. The smallest absolute Gasteiger partial charge is 0.243 e. The van der Waals surface area contributed by atoms with Crippen LogP contribution in [0.2, 0.25) is 5.02 Å². The monoisotopic (exact) mass is 410 g/mol. The molecule has 0 heterocycles. The zero-order valence-corrected chi connectivity index (χ0v) is 17.3. The molecule has 0 atom stereocenters. The molecule has 2 aromatic carbocycles. The third-order valence-electron chi connectivity index (χ3n) is 4.13. The Bertz CT molecular complexity index is 931. The Morgan fingerprint density at radius 1 is 1.19 bits per heavy atom. The maximum atomic E-state index is 12.7. The van der Waals surface area contributed by atoms with Crippen molar-refractivity contribution in [2.75, 3.05) is 31.3 Å². The topological polar surface area (TPSA) is 66.9 Å². The van der Waals surface area contributed by atoms with Gasteiger partial charge in [0.15, 0.2) is 0 Å². The van der Waals surface area contributed by atoms with Gasteiger partial charge in [-0.05, 0) is 36.8 Å². The van der Waals surface area contributed by atoms with Gasteiger partial charge >= 0.3 is 0 Å². The number of anilines is 1. The molecule has 0 radical (unpaired) electrons. The Balaban J connectivity index is 2.23. The van der Waals surface area contributed by atoms with Gasteiger partial charge in [-0.1, -0.05) is 29.8 Å². The maximum absolute atomic E-state index is 12.7. The molecule has 1 amide bonds. The Labute approximate surface area is 165 Å². The van der Waals surface area contributed by atoms with E-state index < -0.39 is 10.0 Å². The molecule has 0 bridgehead atoms. The third kappa shape index (κ3) is 5.37. The fraction of sp³-hybridized carbons (Fsp3) is 0.316. The molecule has 0 aliphatic rings. The molecule has 2 rings (SSSR count). The molecule has 0 aromatic heterocycles. The summed E-state index contributed by atoms with van der Waals surface area (Å²) in [5, 5.41) is 0.504. The van der Waals surface area contributed by atoms with Crippen molar-refractivity contribution in [2.24, 2.45) is 0 Å². The molecule has 0 N–H and O–H groups in total. The fourth-order valence-corrected chi connectivity index (χ4v) is 3.83. The number of sulfonamides is 1. The lowest BCUT2D eigenvalue weighted by Crippen LogP contribution is -2.41. The fourth-order valence-electron chi connectivity index (χ4n) is 2.70. The van der Waals surface area contributed by atoms with Gasteiger partial charge in [-0.3, -0.25) is 9.10 Å². The van der Waals surface area contributed by atoms with Gasteiger partial charge in [0.2, 0.25) is 15.9 Å². The van der Waals surface area contributed by atoms with Crippen LogP contribution >= 0.6 is 11.6 Å². The van der Waals surface area contributed by atoms with Crippen LogP contribution in [0.5, 0.6) is 5.75 Å². The summed E-state index contributed by atoms with van der Waals surface area (Å²) in [6.07, 6.45) is 1.08. The molecule has 146 valence electrons. The highest BCUT2D eigenvalue weighted by Crippen LogP contribution is 2.26. The van der Waals surface area contributed by atoms with Crippen molar-refractivity contribution in [3.63, 3.8) is 0 Å². The van der Waals surface area contributed by atoms with Crippen LogP contribution in [0.25, 0.3) is 0 Å². The van der Waals surface area contributed by atoms with Crippen molar-refractivity contribution in [3.05, 3.63) is 58.6 Å². The maximum Gasteiger partial charge on any atom is 0.243 e. The SMILES string of the molecule is COc1ccccc1CN(C)C(=O)CN(c1ccc(Cl)cc1C)S(C)(=O)=O. The van der Waals surface area contributed by atoms with Crippen LogP contribution in [0.1, 0.15) is 11.1 Å². The molecule has 0 unspecified atom stereocenters. The number of benzene rings is 2. The summed E-state index contributed by atoms with van der Waals surface area (Å²) in [5.74, 6) is 0.339. The van der Waals surface area contributed by atoms with Crippen LogP contribution in [0.3, 0.4) is 0 Å². The first-order valence-electron chi connectivity index (χ1n) is 8.23. The van der Waals surface area contributed by atoms with E-state index in [4.69, 9.17) is 16.3 Å². The number of hydrogen-bond acceptors (Lipinski definition) is 4. The summed E-state index contributed by atoms with van der Waals surface area (Å²) >= 11 is 5.96. The normalized spacial score (nSPS) is 11.1. The van der Waals surface area contributed by atoms with Crippen LogP contribution in [0.4, 0.5) is 5.69 Å². The second kappa shape index (κ2) is 8.63. The Hall–Kier alpha value is -2.25. The van der Waals surface area contributed by atoms with Crippen molar-refractivity contribution in [1.29, 1.82) is 0 Å². The molecular formula is C19H23ClN2O4S. The van der Waals surface area contributed by atoms with Gasteiger partial charge in [0.05, 0.1) is 19.1 Å². The quantitative estimate of drug-likeness (QED) is 0.703. The van der Waals surface area contributed by atoms with E-state index in [2.05, 4.69) is 0 Å². The van der Waals surface area contributed by atoms with Crippen LogP contribution in [-0.4, -0.2) is 46.2 Å². The average molecular weight is 411 g/mol. The molecular weight excluding hydrogens is 388 g/mol. The first kappa shape index (κ1) is 21.1. The summed E-state index contributed by atoms with van der Waals surface area (Å²) in [7, 11) is -0.456. The highest BCUT2D eigenvalue weighted by Gasteiger charge is 2.24. The second-order valence-electron chi connectivity index (χ2n) is 6.26. The molecule has 0 saturated heterocycles. The number of aryl methyl sites for hydroxylation is 1. The van der Waals surface area contributed by atoms with E-state index in [0.29, 0.717) is 28.6 Å². The van der Waals surface area contributed by atoms with Crippen LogP contribution in [-0.2, 0) is 21.4 Å². The summed E-state index contributed by atoms with van der Waals surface area (Å²) < 4.78 is 31.0. The molecule has 0 fully saturated rings. The summed E-state index contributed by atoms with van der Waals surface area (Å²) in [6, 6.07) is 12.2. The highest BCUT2D eigenvalue weighted by atomic mass is 35.5. The van der Waals surface area contributed by atoms with E-state index in [1.807, 2.05) is 24.3 Å². The predicted molar refractivity (Wildman–Crippen MR) is 108 cm³/mol. The van der Waals surface area contributed by atoms with Crippen molar-refractivity contribution in [1.82, 2.24) is 4.90 Å². The summed E-state index contributed by atoms with van der Waals surface area (Å²) in [4.78, 5) is 14.2. The minimum absolute atomic E-state index is 0.299. The number of likely N-dealkylation sites (N-methyl/N-ethyl adjacent to an activating group) is 1. The largest absolute Gasteiger partial charge is 0.496 e. The number of para-hydroxylation sites is 1. The Kier molecular flexibility index (Phi) is 6.73. The van der Waals surface area contributed by atoms with Crippen molar-refractivity contribution < 1.29 is 17.9 Å². The molecule has 2 aromatic rings. The predicted octanol–water partition coefficient (Wildman–Crippen LogP) is 3.08. The number of ether oxygens (including phenoxy) is 1. The number of carbonyl (C=O) groups is 1. The highest BCUT2D eigenvalue weighted by molar-refractivity contribution is 7.92. The minimum atomic E-state index is -3.65.